The van der Waals surface area contributed by atoms with Crippen LogP contribution in [0.4, 0.5) is 5.69 Å². The molecule has 0 radical (unpaired) electrons. The van der Waals surface area contributed by atoms with Crippen LogP contribution in [0.1, 0.15) is 52.0 Å². The Labute approximate surface area is 150 Å². The number of nitrogens with one attached hydrogen (secondary N) is 1. The van der Waals surface area contributed by atoms with Crippen LogP contribution in [0, 0.1) is 0 Å². The maximum atomic E-state index is 12.8. The van der Waals surface area contributed by atoms with Gasteiger partial charge in [-0.1, -0.05) is 26.8 Å². The molecule has 0 saturated carbocycles. The number of amides is 1. The molecule has 1 aromatic rings. The van der Waals surface area contributed by atoms with Crippen LogP contribution in [-0.2, 0) is 14.9 Å². The summed E-state index contributed by atoms with van der Waals surface area (Å²) in [5, 5.41) is 13.3. The third kappa shape index (κ3) is 4.15. The fourth-order valence-electron chi connectivity index (χ4n) is 3.84. The number of nitrogens with zero attached hydrogens (tertiary/aromatic N) is 1. The van der Waals surface area contributed by atoms with E-state index in [0.717, 1.165) is 51.0 Å². The van der Waals surface area contributed by atoms with Crippen molar-refractivity contribution in [3.8, 4) is 5.75 Å². The number of carbonyl (C=O) groups is 1. The zero-order chi connectivity index (χ0) is 18.0. The predicted octanol–water partition coefficient (Wildman–Crippen LogP) is 3.27. The average Bonchev–Trinajstić information content (AvgIpc) is 3.06. The summed E-state index contributed by atoms with van der Waals surface area (Å²) in [7, 11) is 0. The van der Waals surface area contributed by atoms with Gasteiger partial charge in [-0.15, -0.1) is 0 Å². The molecule has 2 saturated heterocycles. The smallest absolute Gasteiger partial charge is 0.241 e. The molecule has 0 bridgehead atoms. The lowest BCUT2D eigenvalue weighted by Gasteiger charge is -2.34. The van der Waals surface area contributed by atoms with Crippen LogP contribution >= 0.6 is 0 Å². The Morgan fingerprint density at radius 3 is 2.60 bits per heavy atom. The zero-order valence-corrected chi connectivity index (χ0v) is 15.5. The van der Waals surface area contributed by atoms with E-state index in [2.05, 4.69) is 31.0 Å². The van der Waals surface area contributed by atoms with Gasteiger partial charge in [0.15, 0.2) is 0 Å². The van der Waals surface area contributed by atoms with Gasteiger partial charge in [0.1, 0.15) is 5.75 Å². The second-order valence-electron chi connectivity index (χ2n) is 8.21. The fourth-order valence-corrected chi connectivity index (χ4v) is 3.84. The maximum absolute atomic E-state index is 12.8. The molecule has 1 amide bonds. The molecule has 2 aliphatic heterocycles. The molecule has 2 fully saturated rings. The van der Waals surface area contributed by atoms with Crippen LogP contribution in [0.5, 0.6) is 5.75 Å². The summed E-state index contributed by atoms with van der Waals surface area (Å²) in [5.74, 6) is 0.124. The first-order valence-electron chi connectivity index (χ1n) is 9.34. The van der Waals surface area contributed by atoms with Crippen molar-refractivity contribution in [3.63, 3.8) is 0 Å². The number of carbonyl (C=O) groups excluding carboxylic acids is 1. The Morgan fingerprint density at radius 2 is 1.96 bits per heavy atom. The van der Waals surface area contributed by atoms with Crippen LogP contribution in [0.25, 0.3) is 0 Å². The zero-order valence-electron chi connectivity index (χ0n) is 15.5. The molecule has 1 aromatic carbocycles. The number of hydrogen-bond donors (Lipinski definition) is 2. The first kappa shape index (κ1) is 18.2. The van der Waals surface area contributed by atoms with Crippen LogP contribution < -0.4 is 5.32 Å². The van der Waals surface area contributed by atoms with E-state index in [1.54, 1.807) is 6.07 Å². The molecular formula is C20H30N2O3. The van der Waals surface area contributed by atoms with Crippen LogP contribution in [0.3, 0.4) is 0 Å². The van der Waals surface area contributed by atoms with Gasteiger partial charge in [-0.25, -0.2) is 0 Å². The van der Waals surface area contributed by atoms with Crippen molar-refractivity contribution in [2.45, 2.75) is 64.0 Å². The molecule has 2 N–H and O–H groups in total. The Morgan fingerprint density at radius 1 is 1.24 bits per heavy atom. The van der Waals surface area contributed by atoms with Gasteiger partial charge in [-0.05, 0) is 55.3 Å². The molecule has 5 nitrogen and oxygen atoms in total. The highest BCUT2D eigenvalue weighted by molar-refractivity contribution is 5.96. The van der Waals surface area contributed by atoms with Gasteiger partial charge in [0, 0.05) is 19.3 Å². The quantitative estimate of drug-likeness (QED) is 0.825. The summed E-state index contributed by atoms with van der Waals surface area (Å²) in [6.07, 6.45) is 3.92. The minimum Gasteiger partial charge on any atom is -0.506 e. The third-order valence-electron chi connectivity index (χ3n) is 5.38. The number of ether oxygens (including phenoxy) is 1. The SMILES string of the molecule is CC(C)(C)c1ccc(NC(=O)[C@H]2CCCN2C2CCOCC2)c(O)c1. The van der Waals surface area contributed by atoms with E-state index in [1.807, 2.05) is 12.1 Å². The van der Waals surface area contributed by atoms with Gasteiger partial charge >= 0.3 is 0 Å². The number of phenolic OH excluding ortho intramolecular Hbond substituents is 1. The highest BCUT2D eigenvalue weighted by atomic mass is 16.5. The Balaban J connectivity index is 1.69. The monoisotopic (exact) mass is 346 g/mol. The summed E-state index contributed by atoms with van der Waals surface area (Å²) in [6, 6.07) is 5.86. The van der Waals surface area contributed by atoms with E-state index in [-0.39, 0.29) is 23.1 Å². The van der Waals surface area contributed by atoms with Gasteiger partial charge in [0.05, 0.1) is 11.7 Å². The average molecular weight is 346 g/mol. The van der Waals surface area contributed by atoms with Gasteiger partial charge in [-0.3, -0.25) is 9.69 Å². The van der Waals surface area contributed by atoms with E-state index < -0.39 is 0 Å². The summed E-state index contributed by atoms with van der Waals surface area (Å²) < 4.78 is 5.44. The molecule has 5 heteroatoms. The van der Waals surface area contributed by atoms with Crippen molar-refractivity contribution in [1.29, 1.82) is 0 Å². The molecule has 138 valence electrons. The highest BCUT2D eigenvalue weighted by Crippen LogP contribution is 2.32. The minimum absolute atomic E-state index is 0.0113. The number of likely N-dealkylation sites (tertiary alicyclic amines) is 1. The van der Waals surface area contributed by atoms with Crippen molar-refractivity contribution in [3.05, 3.63) is 23.8 Å². The van der Waals surface area contributed by atoms with Crippen LogP contribution in [0.2, 0.25) is 0 Å². The van der Waals surface area contributed by atoms with E-state index in [1.165, 1.54) is 0 Å². The van der Waals surface area contributed by atoms with Crippen molar-refractivity contribution in [2.75, 3.05) is 25.1 Å². The number of phenols is 1. The van der Waals surface area contributed by atoms with Crippen molar-refractivity contribution >= 4 is 11.6 Å². The second-order valence-corrected chi connectivity index (χ2v) is 8.21. The molecule has 0 unspecified atom stereocenters. The predicted molar refractivity (Wildman–Crippen MR) is 99.0 cm³/mol. The van der Waals surface area contributed by atoms with E-state index >= 15 is 0 Å². The van der Waals surface area contributed by atoms with Crippen LogP contribution in [0.15, 0.2) is 18.2 Å². The fraction of sp³-hybridized carbons (Fsp3) is 0.650. The van der Waals surface area contributed by atoms with Gasteiger partial charge in [0.2, 0.25) is 5.91 Å². The lowest BCUT2D eigenvalue weighted by atomic mass is 9.87. The number of hydrogen-bond acceptors (Lipinski definition) is 4. The Bertz CT molecular complexity index is 618. The van der Waals surface area contributed by atoms with Gasteiger partial charge in [0.25, 0.3) is 0 Å². The van der Waals surface area contributed by atoms with E-state index in [4.69, 9.17) is 4.74 Å². The highest BCUT2D eigenvalue weighted by Gasteiger charge is 2.36. The molecule has 0 spiro atoms. The first-order chi connectivity index (χ1) is 11.9. The molecule has 3 rings (SSSR count). The summed E-state index contributed by atoms with van der Waals surface area (Å²) >= 11 is 0. The Kier molecular flexibility index (Phi) is 5.35. The number of anilines is 1. The summed E-state index contributed by atoms with van der Waals surface area (Å²) in [5.41, 5.74) is 1.51. The Hall–Kier alpha value is -1.59. The topological polar surface area (TPSA) is 61.8 Å². The maximum Gasteiger partial charge on any atom is 0.241 e. The molecule has 2 aliphatic rings. The largest absolute Gasteiger partial charge is 0.506 e. The standard InChI is InChI=1S/C20H30N2O3/c1-20(2,3)14-6-7-16(18(23)13-14)21-19(24)17-5-4-10-22(17)15-8-11-25-12-9-15/h6-7,13,15,17,23H,4-5,8-12H2,1-3H3,(H,21,24)/t17-/m1/s1. The summed E-state index contributed by atoms with van der Waals surface area (Å²) in [6.45, 7) is 8.84. The molecular weight excluding hydrogens is 316 g/mol. The molecule has 0 aromatic heterocycles. The molecule has 25 heavy (non-hydrogen) atoms. The second kappa shape index (κ2) is 7.34. The lowest BCUT2D eigenvalue weighted by molar-refractivity contribution is -0.121. The van der Waals surface area contributed by atoms with E-state index in [9.17, 15) is 9.90 Å². The normalized spacial score (nSPS) is 22.9. The van der Waals surface area contributed by atoms with Gasteiger partial charge < -0.3 is 15.2 Å². The number of aromatic hydroxyl groups is 1. The third-order valence-corrected chi connectivity index (χ3v) is 5.38. The number of rotatable bonds is 3. The molecule has 0 aliphatic carbocycles. The lowest BCUT2D eigenvalue weighted by Crippen LogP contribution is -2.47. The van der Waals surface area contributed by atoms with Crippen molar-refractivity contribution in [2.24, 2.45) is 0 Å². The molecule has 1 atom stereocenters. The van der Waals surface area contributed by atoms with E-state index in [0.29, 0.717) is 11.7 Å². The van der Waals surface area contributed by atoms with Crippen molar-refractivity contribution < 1.29 is 14.6 Å². The van der Waals surface area contributed by atoms with Crippen molar-refractivity contribution in [1.82, 2.24) is 4.90 Å². The molecule has 2 heterocycles. The summed E-state index contributed by atoms with van der Waals surface area (Å²) in [4.78, 5) is 15.1. The first-order valence-corrected chi connectivity index (χ1v) is 9.34. The van der Waals surface area contributed by atoms with Crippen LogP contribution in [-0.4, -0.2) is 47.8 Å². The van der Waals surface area contributed by atoms with Gasteiger partial charge in [-0.2, -0.15) is 0 Å². The number of benzene rings is 1. The minimum atomic E-state index is -0.107.